The molecule has 0 amide bonds. The molecule has 1 atom stereocenters. The molecular weight excluding hydrogens is 310 g/mol. The number of unbranched alkanes of at least 4 members (excludes halogenated alkanes) is 1. The van der Waals surface area contributed by atoms with Crippen molar-refractivity contribution < 1.29 is 4.79 Å². The minimum absolute atomic E-state index is 0.0794. The number of anilines is 1. The number of nitriles is 1. The fraction of sp³-hybridized carbons (Fsp3) is 0.524. The van der Waals surface area contributed by atoms with Gasteiger partial charge in [-0.05, 0) is 50.7 Å². The first-order valence-corrected chi connectivity index (χ1v) is 9.32. The van der Waals surface area contributed by atoms with Crippen LogP contribution >= 0.6 is 0 Å². The Bertz CT molecular complexity index is 697. The van der Waals surface area contributed by atoms with Gasteiger partial charge < -0.3 is 15.0 Å². The van der Waals surface area contributed by atoms with Crippen molar-refractivity contribution in [3.05, 3.63) is 41.1 Å². The van der Waals surface area contributed by atoms with E-state index in [9.17, 15) is 10.1 Å². The third kappa shape index (κ3) is 3.42. The minimum Gasteiger partial charge on any atom is -0.391 e. The molecule has 1 heterocycles. The summed E-state index contributed by atoms with van der Waals surface area (Å²) in [4.78, 5) is 13.2. The maximum absolute atomic E-state index is 10.8. The predicted octanol–water partition coefficient (Wildman–Crippen LogP) is 3.78. The van der Waals surface area contributed by atoms with Crippen LogP contribution in [0.25, 0.3) is 0 Å². The first kappa shape index (κ1) is 17.5. The van der Waals surface area contributed by atoms with Crippen molar-refractivity contribution in [1.82, 2.24) is 5.32 Å². The highest BCUT2D eigenvalue weighted by molar-refractivity contribution is 5.60. The molecule has 1 N–H and O–H groups in total. The molecule has 0 radical (unpaired) electrons. The van der Waals surface area contributed by atoms with Crippen LogP contribution in [0, 0.1) is 16.7 Å². The van der Waals surface area contributed by atoms with Gasteiger partial charge in [-0.15, -0.1) is 0 Å². The van der Waals surface area contributed by atoms with Gasteiger partial charge in [0.25, 0.3) is 0 Å². The lowest BCUT2D eigenvalue weighted by molar-refractivity contribution is -0.108. The second-order valence-corrected chi connectivity index (χ2v) is 7.22. The van der Waals surface area contributed by atoms with Crippen LogP contribution in [0.15, 0.2) is 35.5 Å². The number of carbonyl (C=O) groups excluding carboxylic acids is 1. The van der Waals surface area contributed by atoms with Crippen LogP contribution in [0.3, 0.4) is 0 Å². The van der Waals surface area contributed by atoms with Crippen LogP contribution < -0.4 is 10.2 Å². The fourth-order valence-corrected chi connectivity index (χ4v) is 4.40. The highest BCUT2D eigenvalue weighted by Crippen LogP contribution is 2.46. The van der Waals surface area contributed by atoms with Gasteiger partial charge >= 0.3 is 0 Å². The average molecular weight is 337 g/mol. The zero-order valence-corrected chi connectivity index (χ0v) is 15.1. The summed E-state index contributed by atoms with van der Waals surface area (Å²) in [6.45, 7) is 1.88. The van der Waals surface area contributed by atoms with Crippen LogP contribution in [-0.4, -0.2) is 26.4 Å². The van der Waals surface area contributed by atoms with Gasteiger partial charge in [-0.3, -0.25) is 0 Å². The summed E-state index contributed by atoms with van der Waals surface area (Å²) in [7, 11) is 2.04. The van der Waals surface area contributed by atoms with E-state index in [4.69, 9.17) is 0 Å². The summed E-state index contributed by atoms with van der Waals surface area (Å²) in [6.07, 6.45) is 8.36. The van der Waals surface area contributed by atoms with Crippen LogP contribution in [0.1, 0.15) is 50.5 Å². The van der Waals surface area contributed by atoms with E-state index in [1.54, 1.807) is 5.57 Å². The maximum atomic E-state index is 10.8. The van der Waals surface area contributed by atoms with Gasteiger partial charge in [-0.2, -0.15) is 5.26 Å². The summed E-state index contributed by atoms with van der Waals surface area (Å²) in [5.41, 5.74) is 4.83. The van der Waals surface area contributed by atoms with Gasteiger partial charge in [0.1, 0.15) is 12.4 Å². The van der Waals surface area contributed by atoms with Crippen molar-refractivity contribution in [3.8, 4) is 6.07 Å². The maximum Gasteiger partial charge on any atom is 0.119 e. The lowest BCUT2D eigenvalue weighted by atomic mass is 9.73. The van der Waals surface area contributed by atoms with Crippen LogP contribution in [0.5, 0.6) is 0 Å². The fourth-order valence-electron chi connectivity index (χ4n) is 4.40. The smallest absolute Gasteiger partial charge is 0.119 e. The Kier molecular flexibility index (Phi) is 5.43. The molecule has 1 aromatic rings. The zero-order valence-electron chi connectivity index (χ0n) is 15.1. The van der Waals surface area contributed by atoms with Gasteiger partial charge in [-0.1, -0.05) is 17.7 Å². The monoisotopic (exact) mass is 337 g/mol. The van der Waals surface area contributed by atoms with Crippen molar-refractivity contribution in [1.29, 1.82) is 5.26 Å². The van der Waals surface area contributed by atoms with E-state index in [1.165, 1.54) is 25.0 Å². The number of para-hydroxylation sites is 1. The number of carbonyl (C=O) groups is 1. The third-order valence-electron chi connectivity index (χ3n) is 5.79. The number of nitrogens with zero attached hydrogens (tertiary/aromatic N) is 2. The van der Waals surface area contributed by atoms with Crippen molar-refractivity contribution in [2.24, 2.45) is 5.41 Å². The molecule has 1 aromatic carbocycles. The molecule has 4 heteroatoms. The van der Waals surface area contributed by atoms with Gasteiger partial charge in [0.15, 0.2) is 0 Å². The Labute approximate surface area is 150 Å². The number of rotatable bonds is 7. The molecule has 1 saturated carbocycles. The van der Waals surface area contributed by atoms with E-state index < -0.39 is 0 Å². The highest BCUT2D eigenvalue weighted by atomic mass is 16.1. The van der Waals surface area contributed by atoms with Crippen molar-refractivity contribution >= 4 is 12.0 Å². The molecule has 2 aliphatic rings. The number of hydrogen-bond donors (Lipinski definition) is 1. The van der Waals surface area contributed by atoms with Crippen LogP contribution in [0.4, 0.5) is 5.69 Å². The second kappa shape index (κ2) is 7.74. The highest BCUT2D eigenvalue weighted by Gasteiger charge is 2.42. The molecule has 2 fully saturated rings. The number of hydrogen-bond acceptors (Lipinski definition) is 4. The van der Waals surface area contributed by atoms with Gasteiger partial charge in [0.05, 0.1) is 11.3 Å². The summed E-state index contributed by atoms with van der Waals surface area (Å²) >= 11 is 0. The largest absolute Gasteiger partial charge is 0.391 e. The predicted molar refractivity (Wildman–Crippen MR) is 100 cm³/mol. The lowest BCUT2D eigenvalue weighted by Gasteiger charge is -2.37. The molecule has 1 saturated heterocycles. The molecule has 3 rings (SSSR count). The Morgan fingerprint density at radius 1 is 1.40 bits per heavy atom. The molecule has 4 nitrogen and oxygen atoms in total. The molecule has 25 heavy (non-hydrogen) atoms. The molecule has 1 aliphatic heterocycles. The molecule has 1 aliphatic carbocycles. The summed E-state index contributed by atoms with van der Waals surface area (Å²) in [5, 5.41) is 12.9. The number of nitrogens with one attached hydrogen (secondary N) is 1. The van der Waals surface area contributed by atoms with E-state index in [1.807, 2.05) is 25.2 Å². The van der Waals surface area contributed by atoms with E-state index in [0.717, 1.165) is 49.9 Å². The lowest BCUT2D eigenvalue weighted by Crippen LogP contribution is -2.36. The summed E-state index contributed by atoms with van der Waals surface area (Å²) < 4.78 is 0. The quantitative estimate of drug-likeness (QED) is 0.608. The van der Waals surface area contributed by atoms with Crippen molar-refractivity contribution in [2.45, 2.75) is 44.9 Å². The molecule has 0 spiro atoms. The third-order valence-corrected chi connectivity index (χ3v) is 5.79. The van der Waals surface area contributed by atoms with Crippen LogP contribution in [-0.2, 0) is 4.79 Å². The van der Waals surface area contributed by atoms with Gasteiger partial charge in [0, 0.05) is 37.7 Å². The van der Waals surface area contributed by atoms with E-state index in [-0.39, 0.29) is 5.41 Å². The first-order chi connectivity index (χ1) is 12.2. The van der Waals surface area contributed by atoms with E-state index >= 15 is 0 Å². The second-order valence-electron chi connectivity index (χ2n) is 7.22. The SMILES string of the molecule is CNC(=C1CCC1)C1(CCCC=O)CCN(c2ccccc2C#N)C1. The van der Waals surface area contributed by atoms with Gasteiger partial charge in [0.2, 0.25) is 0 Å². The van der Waals surface area contributed by atoms with Gasteiger partial charge in [-0.25, -0.2) is 0 Å². The summed E-state index contributed by atoms with van der Waals surface area (Å²) in [5.74, 6) is 0. The van der Waals surface area contributed by atoms with E-state index in [0.29, 0.717) is 6.42 Å². The van der Waals surface area contributed by atoms with Crippen molar-refractivity contribution in [2.75, 3.05) is 25.0 Å². The topological polar surface area (TPSA) is 56.1 Å². The standard InChI is InChI=1S/C21H27N3O/c1-23-20(17-8-6-9-17)21(11-4-5-14-25)12-13-24(16-21)19-10-3-2-7-18(19)15-22/h2-3,7,10,14,23H,4-6,8-9,11-13,16H2,1H3. The summed E-state index contributed by atoms with van der Waals surface area (Å²) in [6, 6.07) is 10.2. The number of aldehydes is 1. The Morgan fingerprint density at radius 3 is 2.84 bits per heavy atom. The Balaban J connectivity index is 1.89. The Morgan fingerprint density at radius 2 is 2.20 bits per heavy atom. The molecule has 0 bridgehead atoms. The van der Waals surface area contributed by atoms with Crippen molar-refractivity contribution in [3.63, 3.8) is 0 Å². The molecule has 1 unspecified atom stereocenters. The van der Waals surface area contributed by atoms with Crippen LogP contribution in [0.2, 0.25) is 0 Å². The zero-order chi connectivity index (χ0) is 17.7. The molecular formula is C21H27N3O. The molecule has 132 valence electrons. The molecule has 0 aromatic heterocycles. The number of benzene rings is 1. The van der Waals surface area contributed by atoms with E-state index in [2.05, 4.69) is 22.4 Å². The normalized spacial score (nSPS) is 22.2. The average Bonchev–Trinajstić information content (AvgIpc) is 3.03. The first-order valence-electron chi connectivity index (χ1n) is 9.32. The number of allylic oxidation sites excluding steroid dienone is 1. The Hall–Kier alpha value is -2.28. The minimum atomic E-state index is 0.0794.